The van der Waals surface area contributed by atoms with Crippen molar-refractivity contribution in [2.24, 2.45) is 46.3 Å². The molecule has 0 aliphatic heterocycles. The summed E-state index contributed by atoms with van der Waals surface area (Å²) in [4.78, 5) is 12.0. The predicted molar refractivity (Wildman–Crippen MR) is 128 cm³/mol. The highest BCUT2D eigenvalue weighted by atomic mass is 32.2. The molecule has 4 rings (SSSR count). The molecule has 0 aromatic carbocycles. The maximum absolute atomic E-state index is 13.3. The number of alkyl halides is 2. The highest BCUT2D eigenvalue weighted by Gasteiger charge is 2.63. The van der Waals surface area contributed by atoms with Crippen LogP contribution in [0.2, 0.25) is 0 Å². The van der Waals surface area contributed by atoms with E-state index >= 15 is 0 Å². The molecule has 0 heterocycles. The van der Waals surface area contributed by atoms with Crippen molar-refractivity contribution >= 4 is 16.1 Å². The van der Waals surface area contributed by atoms with E-state index < -0.39 is 34.1 Å². The molecule has 10 heteroatoms. The number of aliphatic hydroxyl groups is 2. The Morgan fingerprint density at radius 3 is 2.44 bits per heavy atom. The lowest BCUT2D eigenvalue weighted by Gasteiger charge is -2.62. The minimum Gasteiger partial charge on any atom is -0.458 e. The Hall–Kier alpha value is -0.840. The average Bonchev–Trinajstić information content (AvgIpc) is 3.15. The fourth-order valence-electron chi connectivity index (χ4n) is 9.02. The van der Waals surface area contributed by atoms with Crippen LogP contribution in [-0.2, 0) is 19.6 Å². The molecule has 4 aliphatic carbocycles. The summed E-state index contributed by atoms with van der Waals surface area (Å²) < 4.78 is 61.1. The zero-order valence-electron chi connectivity index (χ0n) is 21.5. The molecule has 0 unspecified atom stereocenters. The lowest BCUT2D eigenvalue weighted by Crippen LogP contribution is -2.58. The zero-order valence-corrected chi connectivity index (χ0v) is 22.4. The normalized spacial score (nSPS) is 43.7. The molecule has 4 fully saturated rings. The molecule has 0 aromatic heterocycles. The van der Waals surface area contributed by atoms with Gasteiger partial charge in [0.05, 0.1) is 12.2 Å². The van der Waals surface area contributed by atoms with Crippen LogP contribution >= 0.6 is 0 Å². The second kappa shape index (κ2) is 9.72. The van der Waals surface area contributed by atoms with E-state index in [4.69, 9.17) is 4.55 Å². The van der Waals surface area contributed by atoms with Crippen molar-refractivity contribution in [2.75, 3.05) is 6.61 Å². The summed E-state index contributed by atoms with van der Waals surface area (Å²) in [5, 5.41) is 17.3. The number of fused-ring (bicyclic) bond motifs is 5. The Morgan fingerprint density at radius 1 is 1.08 bits per heavy atom. The van der Waals surface area contributed by atoms with Crippen LogP contribution in [0.25, 0.3) is 0 Å². The van der Waals surface area contributed by atoms with Gasteiger partial charge in [-0.1, -0.05) is 20.8 Å². The van der Waals surface area contributed by atoms with Gasteiger partial charge in [-0.3, -0.25) is 9.35 Å². The van der Waals surface area contributed by atoms with Crippen molar-refractivity contribution in [1.82, 2.24) is 0 Å². The average molecular weight is 537 g/mol. The van der Waals surface area contributed by atoms with E-state index in [1.165, 1.54) is 0 Å². The first kappa shape index (κ1) is 28.2. The largest absolute Gasteiger partial charge is 0.458 e. The smallest absolute Gasteiger partial charge is 0.402 e. The molecule has 0 bridgehead atoms. The maximum Gasteiger partial charge on any atom is 0.402 e. The van der Waals surface area contributed by atoms with E-state index in [-0.39, 0.29) is 35.2 Å². The SMILES string of the molecule is C[C@H](CCC(=O)OCC(F)(F)S(=O)(=O)O)[C@H]1CC[C@H]2[C@@H]3CC[C@@H]4C[C@H](O)CC[C@]4(C)[C@H]3C[C@H](O)[C@]12C. The van der Waals surface area contributed by atoms with Crippen molar-refractivity contribution in [2.45, 2.75) is 102 Å². The van der Waals surface area contributed by atoms with Gasteiger partial charge in [-0.25, -0.2) is 0 Å². The van der Waals surface area contributed by atoms with Crippen molar-refractivity contribution in [3.63, 3.8) is 0 Å². The van der Waals surface area contributed by atoms with Gasteiger partial charge < -0.3 is 14.9 Å². The van der Waals surface area contributed by atoms with Crippen LogP contribution in [-0.4, -0.2) is 53.2 Å². The second-order valence-corrected chi connectivity index (χ2v) is 14.2. The van der Waals surface area contributed by atoms with Crippen LogP contribution in [0.1, 0.15) is 85.0 Å². The molecule has 208 valence electrons. The number of carbonyl (C=O) groups excluding carboxylic acids is 1. The zero-order chi connectivity index (χ0) is 26.7. The van der Waals surface area contributed by atoms with Gasteiger partial charge in [0.2, 0.25) is 0 Å². The summed E-state index contributed by atoms with van der Waals surface area (Å²) >= 11 is 0. The molecule has 0 spiro atoms. The molecule has 10 atom stereocenters. The summed E-state index contributed by atoms with van der Waals surface area (Å²) in [6.07, 6.45) is 7.27. The van der Waals surface area contributed by atoms with Gasteiger partial charge in [0.25, 0.3) is 0 Å². The topological polar surface area (TPSA) is 121 Å². The Morgan fingerprint density at radius 2 is 1.78 bits per heavy atom. The van der Waals surface area contributed by atoms with Crippen molar-refractivity contribution in [1.29, 1.82) is 0 Å². The first-order valence-corrected chi connectivity index (χ1v) is 14.9. The fourth-order valence-corrected chi connectivity index (χ4v) is 9.23. The third kappa shape index (κ3) is 4.73. The molecule has 36 heavy (non-hydrogen) atoms. The van der Waals surface area contributed by atoms with Crippen LogP contribution in [0.3, 0.4) is 0 Å². The maximum atomic E-state index is 13.3. The van der Waals surface area contributed by atoms with Crippen molar-refractivity contribution in [3.05, 3.63) is 0 Å². The van der Waals surface area contributed by atoms with Gasteiger partial charge in [0.1, 0.15) is 0 Å². The monoisotopic (exact) mass is 536 g/mol. The van der Waals surface area contributed by atoms with E-state index in [9.17, 15) is 32.2 Å². The van der Waals surface area contributed by atoms with Crippen LogP contribution < -0.4 is 0 Å². The number of esters is 1. The molecule has 0 radical (unpaired) electrons. The molecule has 0 aromatic rings. The number of carbonyl (C=O) groups is 1. The molecule has 4 saturated carbocycles. The Labute approximate surface area is 213 Å². The standard InChI is InChI=1S/C26H42F2O7S/c1-15(4-9-23(31)35-14-26(27,28)36(32,33)34)19-7-8-20-18-6-5-16-12-17(29)10-11-24(16,2)21(18)13-22(30)25(19,20)3/h15-22,29-30H,4-14H2,1-3H3,(H,32,33,34)/t15-,16-,17-,18+,19-,20+,21+,22+,24+,25-/m1/s1. The Bertz CT molecular complexity index is 943. The molecule has 0 amide bonds. The molecular formula is C26H42F2O7S. The lowest BCUT2D eigenvalue weighted by atomic mass is 9.43. The van der Waals surface area contributed by atoms with Gasteiger partial charge in [-0.05, 0) is 104 Å². The quantitative estimate of drug-likeness (QED) is 0.325. The van der Waals surface area contributed by atoms with Gasteiger partial charge in [0, 0.05) is 6.42 Å². The van der Waals surface area contributed by atoms with E-state index in [1.54, 1.807) is 0 Å². The van der Waals surface area contributed by atoms with Crippen molar-refractivity contribution in [3.8, 4) is 0 Å². The van der Waals surface area contributed by atoms with E-state index in [1.807, 2.05) is 6.92 Å². The van der Waals surface area contributed by atoms with Crippen LogP contribution in [0.4, 0.5) is 8.78 Å². The van der Waals surface area contributed by atoms with E-state index in [0.29, 0.717) is 30.1 Å². The van der Waals surface area contributed by atoms with Gasteiger partial charge >= 0.3 is 21.3 Å². The minimum absolute atomic E-state index is 0.0533. The van der Waals surface area contributed by atoms with Crippen LogP contribution in [0.15, 0.2) is 0 Å². The fraction of sp³-hybridized carbons (Fsp3) is 0.962. The van der Waals surface area contributed by atoms with Crippen LogP contribution in [0.5, 0.6) is 0 Å². The number of halogens is 2. The molecule has 7 nitrogen and oxygen atoms in total. The summed E-state index contributed by atoms with van der Waals surface area (Å²) in [5.74, 6) is 1.20. The number of hydrogen-bond donors (Lipinski definition) is 3. The van der Waals surface area contributed by atoms with E-state index in [2.05, 4.69) is 18.6 Å². The number of hydrogen-bond acceptors (Lipinski definition) is 6. The summed E-state index contributed by atoms with van der Waals surface area (Å²) in [5.41, 5.74) is -0.123. The van der Waals surface area contributed by atoms with Crippen LogP contribution in [0, 0.1) is 46.3 Å². The Kier molecular flexibility index (Phi) is 7.61. The third-order valence-corrected chi connectivity index (χ3v) is 12.0. The lowest BCUT2D eigenvalue weighted by molar-refractivity contribution is -0.175. The van der Waals surface area contributed by atoms with Gasteiger partial charge in [-0.2, -0.15) is 17.2 Å². The highest BCUT2D eigenvalue weighted by Crippen LogP contribution is 2.68. The first-order chi connectivity index (χ1) is 16.6. The molecule has 4 aliphatic rings. The number of aliphatic hydroxyl groups excluding tert-OH is 2. The second-order valence-electron chi connectivity index (χ2n) is 12.7. The van der Waals surface area contributed by atoms with Gasteiger partial charge in [0.15, 0.2) is 6.61 Å². The minimum atomic E-state index is -5.65. The summed E-state index contributed by atoms with van der Waals surface area (Å²) in [6, 6.07) is 0. The number of ether oxygens (including phenoxy) is 1. The summed E-state index contributed by atoms with van der Waals surface area (Å²) in [6.45, 7) is 4.89. The highest BCUT2D eigenvalue weighted by molar-refractivity contribution is 7.86. The summed E-state index contributed by atoms with van der Waals surface area (Å²) in [7, 11) is -5.65. The molecule has 0 saturated heterocycles. The molecular weight excluding hydrogens is 494 g/mol. The Balaban J connectivity index is 1.39. The molecule has 3 N–H and O–H groups in total. The van der Waals surface area contributed by atoms with Gasteiger partial charge in [-0.15, -0.1) is 0 Å². The third-order valence-electron chi connectivity index (χ3n) is 11.1. The van der Waals surface area contributed by atoms with Crippen molar-refractivity contribution < 1.29 is 41.5 Å². The van der Waals surface area contributed by atoms with E-state index in [0.717, 1.165) is 51.4 Å². The first-order valence-electron chi connectivity index (χ1n) is 13.5. The predicted octanol–water partition coefficient (Wildman–Crippen LogP) is 4.42. The number of rotatable bonds is 7.